The lowest BCUT2D eigenvalue weighted by atomic mass is 10.1. The minimum atomic E-state index is -0.581. The maximum absolute atomic E-state index is 12.9. The Balaban J connectivity index is 1.73. The average Bonchev–Trinajstić information content (AvgIpc) is 2.76. The number of phenolic OH excluding ortho intramolecular Hbond substituents is 1. The van der Waals surface area contributed by atoms with Gasteiger partial charge in [-0.2, -0.15) is 4.57 Å². The van der Waals surface area contributed by atoms with Gasteiger partial charge in [0.2, 0.25) is 17.8 Å². The number of aromatic hydroxyl groups is 1. The van der Waals surface area contributed by atoms with E-state index >= 15 is 0 Å². The molecule has 5 nitrogen and oxygen atoms in total. The fourth-order valence-corrected chi connectivity index (χ4v) is 3.14. The number of ketones is 1. The Bertz CT molecular complexity index is 1180. The molecule has 0 saturated carbocycles. The third-order valence-electron chi connectivity index (χ3n) is 4.59. The number of aromatic nitrogens is 1. The third-order valence-corrected chi connectivity index (χ3v) is 4.59. The van der Waals surface area contributed by atoms with Crippen LogP contribution in [0.1, 0.15) is 20.8 Å². The van der Waals surface area contributed by atoms with Crippen LogP contribution in [-0.2, 0) is 6.54 Å². The predicted octanol–water partition coefficient (Wildman–Crippen LogP) is 3.94. The van der Waals surface area contributed by atoms with Crippen molar-refractivity contribution in [2.45, 2.75) is 6.54 Å². The highest BCUT2D eigenvalue weighted by atomic mass is 16.5. The monoisotopic (exact) mass is 384 g/mol. The van der Waals surface area contributed by atoms with Gasteiger partial charge in [-0.15, -0.1) is 0 Å². The number of hydrogen-bond acceptors (Lipinski definition) is 4. The fraction of sp³-hybridized carbons (Fsp3) is 0.0417. The summed E-state index contributed by atoms with van der Waals surface area (Å²) in [6.45, 7) is 0.00534. The van der Waals surface area contributed by atoms with Gasteiger partial charge in [0.15, 0.2) is 0 Å². The van der Waals surface area contributed by atoms with Crippen LogP contribution in [0.15, 0.2) is 91.0 Å². The van der Waals surface area contributed by atoms with E-state index in [-0.39, 0.29) is 23.8 Å². The van der Waals surface area contributed by atoms with Crippen LogP contribution < -0.4 is 9.30 Å². The molecular formula is C24H18NO4+. The first-order valence-electron chi connectivity index (χ1n) is 9.13. The summed E-state index contributed by atoms with van der Waals surface area (Å²) in [5.41, 5.74) is 1.60. The maximum atomic E-state index is 12.9. The normalized spacial score (nSPS) is 10.6. The van der Waals surface area contributed by atoms with Crippen LogP contribution in [0.5, 0.6) is 11.5 Å². The van der Waals surface area contributed by atoms with Gasteiger partial charge in [0.05, 0.1) is 0 Å². The molecule has 5 heteroatoms. The first-order chi connectivity index (χ1) is 14.1. The lowest BCUT2D eigenvalue weighted by Gasteiger charge is -2.08. The molecule has 0 aliphatic rings. The summed E-state index contributed by atoms with van der Waals surface area (Å²) in [5.74, 6) is -0.297. The van der Waals surface area contributed by atoms with E-state index in [0.717, 1.165) is 10.9 Å². The number of rotatable bonds is 5. The van der Waals surface area contributed by atoms with Crippen molar-refractivity contribution in [2.24, 2.45) is 0 Å². The highest BCUT2D eigenvalue weighted by molar-refractivity contribution is 5.96. The second-order valence-electron chi connectivity index (χ2n) is 6.54. The summed E-state index contributed by atoms with van der Waals surface area (Å²) in [6, 6.07) is 25.9. The van der Waals surface area contributed by atoms with Crippen LogP contribution in [0.4, 0.5) is 0 Å². The second-order valence-corrected chi connectivity index (χ2v) is 6.54. The van der Waals surface area contributed by atoms with Gasteiger partial charge in [-0.05, 0) is 36.4 Å². The average molecular weight is 384 g/mol. The zero-order valence-electron chi connectivity index (χ0n) is 15.5. The molecule has 4 aromatic rings. The summed E-state index contributed by atoms with van der Waals surface area (Å²) >= 11 is 0. The van der Waals surface area contributed by atoms with E-state index < -0.39 is 5.97 Å². The Morgan fingerprint density at radius 3 is 2.24 bits per heavy atom. The lowest BCUT2D eigenvalue weighted by molar-refractivity contribution is -0.659. The van der Waals surface area contributed by atoms with E-state index in [4.69, 9.17) is 4.74 Å². The van der Waals surface area contributed by atoms with Crippen molar-refractivity contribution >= 4 is 22.7 Å². The number of phenols is 1. The molecule has 0 amide bonds. The molecule has 3 aromatic carbocycles. The summed E-state index contributed by atoms with van der Waals surface area (Å²) in [7, 11) is 0. The Kier molecular flexibility index (Phi) is 5.03. The first kappa shape index (κ1) is 18.4. The zero-order valence-corrected chi connectivity index (χ0v) is 15.5. The highest BCUT2D eigenvalue weighted by Crippen LogP contribution is 2.18. The molecule has 1 aromatic heterocycles. The molecule has 1 N–H and O–H groups in total. The molecule has 142 valence electrons. The van der Waals surface area contributed by atoms with Crippen molar-refractivity contribution in [1.29, 1.82) is 0 Å². The number of esters is 1. The zero-order chi connectivity index (χ0) is 20.2. The summed E-state index contributed by atoms with van der Waals surface area (Å²) in [4.78, 5) is 25.7. The van der Waals surface area contributed by atoms with Crippen molar-refractivity contribution < 1.29 is 24.0 Å². The lowest BCUT2D eigenvalue weighted by Crippen LogP contribution is -2.45. The predicted molar refractivity (Wildman–Crippen MR) is 108 cm³/mol. The largest absolute Gasteiger partial charge is 0.508 e. The van der Waals surface area contributed by atoms with Crippen molar-refractivity contribution in [2.75, 3.05) is 0 Å². The SMILES string of the molecule is O=C(C[n+]1c(C(=O)Oc2ccc(O)cc2)ccc2ccccc21)c1ccccc1. The van der Waals surface area contributed by atoms with Crippen LogP contribution in [0.25, 0.3) is 10.9 Å². The smallest absolute Gasteiger partial charge is 0.409 e. The molecule has 0 fully saturated rings. The highest BCUT2D eigenvalue weighted by Gasteiger charge is 2.26. The Labute approximate surface area is 167 Å². The molecule has 0 bridgehead atoms. The number of carbonyl (C=O) groups excluding carboxylic acids is 2. The molecule has 0 aliphatic carbocycles. The number of benzene rings is 3. The van der Waals surface area contributed by atoms with Crippen LogP contribution in [-0.4, -0.2) is 16.9 Å². The van der Waals surface area contributed by atoms with Gasteiger partial charge in [-0.25, -0.2) is 4.79 Å². The van der Waals surface area contributed by atoms with Crippen LogP contribution in [0, 0.1) is 0 Å². The Hall–Kier alpha value is -3.99. The molecule has 0 spiro atoms. The van der Waals surface area contributed by atoms with Gasteiger partial charge < -0.3 is 9.84 Å². The molecule has 0 atom stereocenters. The molecule has 0 saturated heterocycles. The quantitative estimate of drug-likeness (QED) is 0.245. The number of pyridine rings is 1. The van der Waals surface area contributed by atoms with Crippen molar-refractivity contribution in [3.8, 4) is 11.5 Å². The summed E-state index contributed by atoms with van der Waals surface area (Å²) in [6.07, 6.45) is 0. The van der Waals surface area contributed by atoms with Crippen molar-refractivity contribution in [1.82, 2.24) is 0 Å². The van der Waals surface area contributed by atoms with E-state index in [2.05, 4.69) is 0 Å². The van der Waals surface area contributed by atoms with E-state index in [9.17, 15) is 14.7 Å². The van der Waals surface area contributed by atoms with Gasteiger partial charge in [-0.1, -0.05) is 42.5 Å². The molecule has 0 aliphatic heterocycles. The van der Waals surface area contributed by atoms with Crippen LogP contribution >= 0.6 is 0 Å². The van der Waals surface area contributed by atoms with E-state index in [0.29, 0.717) is 11.3 Å². The molecule has 4 rings (SSSR count). The number of para-hydroxylation sites is 1. The number of Topliss-reactive ketones (excluding diaryl/α,β-unsaturated/α-hetero) is 1. The van der Waals surface area contributed by atoms with Gasteiger partial charge >= 0.3 is 5.97 Å². The molecular weight excluding hydrogens is 366 g/mol. The van der Waals surface area contributed by atoms with E-state index in [1.54, 1.807) is 34.9 Å². The standard InChI is InChI=1S/C24H17NO4/c26-19-11-13-20(14-12-19)29-24(28)22-15-10-17-6-4-5-9-21(17)25(22)16-23(27)18-7-2-1-3-8-18/h1-15H,16H2/p+1. The van der Waals surface area contributed by atoms with Gasteiger partial charge in [0.25, 0.3) is 5.69 Å². The van der Waals surface area contributed by atoms with E-state index in [1.165, 1.54) is 24.3 Å². The van der Waals surface area contributed by atoms with Gasteiger partial charge in [0.1, 0.15) is 11.5 Å². The Morgan fingerprint density at radius 2 is 1.48 bits per heavy atom. The fourth-order valence-electron chi connectivity index (χ4n) is 3.14. The number of fused-ring (bicyclic) bond motifs is 1. The second kappa shape index (κ2) is 7.94. The number of nitrogens with zero attached hydrogens (tertiary/aromatic N) is 1. The van der Waals surface area contributed by atoms with Crippen LogP contribution in [0.2, 0.25) is 0 Å². The van der Waals surface area contributed by atoms with Crippen LogP contribution in [0.3, 0.4) is 0 Å². The minimum Gasteiger partial charge on any atom is -0.508 e. The molecule has 0 unspecified atom stereocenters. The van der Waals surface area contributed by atoms with Gasteiger partial charge in [-0.3, -0.25) is 4.79 Å². The van der Waals surface area contributed by atoms with Crippen molar-refractivity contribution in [3.05, 3.63) is 102 Å². The molecule has 1 heterocycles. The maximum Gasteiger partial charge on any atom is 0.409 e. The molecule has 0 radical (unpaired) electrons. The number of hydrogen-bond donors (Lipinski definition) is 1. The minimum absolute atomic E-state index is 0.00534. The van der Waals surface area contributed by atoms with Gasteiger partial charge in [0, 0.05) is 23.1 Å². The topological polar surface area (TPSA) is 67.5 Å². The summed E-state index contributed by atoms with van der Waals surface area (Å²) < 4.78 is 7.12. The first-order valence-corrected chi connectivity index (χ1v) is 9.13. The summed E-state index contributed by atoms with van der Waals surface area (Å²) in [5, 5.41) is 10.3. The third kappa shape index (κ3) is 3.99. The Morgan fingerprint density at radius 1 is 0.793 bits per heavy atom. The van der Waals surface area contributed by atoms with Crippen molar-refractivity contribution in [3.63, 3.8) is 0 Å². The van der Waals surface area contributed by atoms with E-state index in [1.807, 2.05) is 36.4 Å². The number of ether oxygens (including phenoxy) is 1. The number of carbonyl (C=O) groups is 2. The molecule has 29 heavy (non-hydrogen) atoms.